The van der Waals surface area contributed by atoms with Crippen LogP contribution in [0.1, 0.15) is 32.1 Å². The van der Waals surface area contributed by atoms with E-state index in [4.69, 9.17) is 0 Å². The summed E-state index contributed by atoms with van der Waals surface area (Å²) in [6, 6.07) is 7.49. The second-order valence-corrected chi connectivity index (χ2v) is 9.01. The third-order valence-electron chi connectivity index (χ3n) is 7.13. The van der Waals surface area contributed by atoms with E-state index in [2.05, 4.69) is 54.8 Å². The van der Waals surface area contributed by atoms with E-state index in [0.29, 0.717) is 0 Å². The second kappa shape index (κ2) is 8.44. The molecule has 3 aliphatic heterocycles. The number of nitrogens with zero attached hydrogens (tertiary/aromatic N) is 6. The predicted molar refractivity (Wildman–Crippen MR) is 120 cm³/mol. The zero-order chi connectivity index (χ0) is 19.6. The lowest BCUT2D eigenvalue weighted by Crippen LogP contribution is -2.51. The minimum Gasteiger partial charge on any atom is -0.369 e. The molecule has 3 aliphatic rings. The monoisotopic (exact) mass is 394 g/mol. The average Bonchev–Trinajstić information content (AvgIpc) is 3.30. The lowest BCUT2D eigenvalue weighted by molar-refractivity contribution is 0.125. The van der Waals surface area contributed by atoms with E-state index >= 15 is 0 Å². The van der Waals surface area contributed by atoms with Gasteiger partial charge >= 0.3 is 0 Å². The predicted octanol–water partition coefficient (Wildman–Crippen LogP) is 2.84. The van der Waals surface area contributed by atoms with E-state index in [1.54, 1.807) is 6.33 Å². The molecule has 0 aliphatic carbocycles. The summed E-state index contributed by atoms with van der Waals surface area (Å²) in [4.78, 5) is 19.4. The zero-order valence-corrected chi connectivity index (χ0v) is 17.8. The topological polar surface area (TPSA) is 38.7 Å². The normalized spacial score (nSPS) is 24.5. The van der Waals surface area contributed by atoms with Crippen LogP contribution in [0, 0.1) is 0 Å². The lowest BCUT2D eigenvalue weighted by Gasteiger charge is -2.40. The number of hydrogen-bond acceptors (Lipinski definition) is 6. The smallest absolute Gasteiger partial charge is 0.139 e. The fourth-order valence-corrected chi connectivity index (χ4v) is 5.27. The first-order valence-electron chi connectivity index (χ1n) is 11.5. The SMILES string of the molecule is CN1CCCCC1CN1CCN(c2ccc3ncnc(N4CCCC4)c3c2)CC1. The molecule has 1 aromatic carbocycles. The van der Waals surface area contributed by atoms with Crippen molar-refractivity contribution >= 4 is 22.4 Å². The molecule has 156 valence electrons. The van der Waals surface area contributed by atoms with Crippen molar-refractivity contribution in [1.29, 1.82) is 0 Å². The fourth-order valence-electron chi connectivity index (χ4n) is 5.27. The summed E-state index contributed by atoms with van der Waals surface area (Å²) in [5.74, 6) is 1.12. The van der Waals surface area contributed by atoms with Gasteiger partial charge in [0.05, 0.1) is 5.52 Å². The molecular formula is C23H34N6. The van der Waals surface area contributed by atoms with Crippen LogP contribution in [0.25, 0.3) is 10.9 Å². The molecule has 29 heavy (non-hydrogen) atoms. The maximum Gasteiger partial charge on any atom is 0.139 e. The van der Waals surface area contributed by atoms with Crippen LogP contribution in [-0.2, 0) is 0 Å². The number of benzene rings is 1. The van der Waals surface area contributed by atoms with Crippen molar-refractivity contribution < 1.29 is 0 Å². The number of piperidine rings is 1. The van der Waals surface area contributed by atoms with Crippen molar-refractivity contribution in [3.63, 3.8) is 0 Å². The van der Waals surface area contributed by atoms with E-state index in [-0.39, 0.29) is 0 Å². The van der Waals surface area contributed by atoms with Crippen molar-refractivity contribution in [2.75, 3.05) is 69.2 Å². The van der Waals surface area contributed by atoms with Gasteiger partial charge in [0.25, 0.3) is 0 Å². The molecule has 4 heterocycles. The number of aromatic nitrogens is 2. The van der Waals surface area contributed by atoms with Gasteiger partial charge in [-0.2, -0.15) is 0 Å². The highest BCUT2D eigenvalue weighted by Gasteiger charge is 2.25. The number of anilines is 2. The van der Waals surface area contributed by atoms with Crippen LogP contribution in [0.15, 0.2) is 24.5 Å². The van der Waals surface area contributed by atoms with Gasteiger partial charge in [-0.3, -0.25) is 4.90 Å². The van der Waals surface area contributed by atoms with E-state index in [9.17, 15) is 0 Å². The second-order valence-electron chi connectivity index (χ2n) is 9.01. The van der Waals surface area contributed by atoms with Crippen molar-refractivity contribution in [2.24, 2.45) is 0 Å². The van der Waals surface area contributed by atoms with E-state index in [1.165, 1.54) is 56.3 Å². The van der Waals surface area contributed by atoms with Gasteiger partial charge in [0.1, 0.15) is 12.1 Å². The molecular weight excluding hydrogens is 360 g/mol. The molecule has 1 unspecified atom stereocenters. The van der Waals surface area contributed by atoms with E-state index < -0.39 is 0 Å². The molecule has 6 heteroatoms. The minimum atomic E-state index is 0.746. The molecule has 3 saturated heterocycles. The van der Waals surface area contributed by atoms with Gasteiger partial charge in [0, 0.05) is 62.9 Å². The minimum absolute atomic E-state index is 0.746. The Hall–Kier alpha value is -1.92. The number of rotatable bonds is 4. The molecule has 0 bridgehead atoms. The molecule has 1 aromatic heterocycles. The Labute approximate surface area is 174 Å². The van der Waals surface area contributed by atoms with Gasteiger partial charge in [0.15, 0.2) is 0 Å². The third-order valence-corrected chi connectivity index (χ3v) is 7.13. The Bertz CT molecular complexity index is 825. The Balaban J connectivity index is 1.27. The summed E-state index contributed by atoms with van der Waals surface area (Å²) in [5, 5.41) is 1.21. The number of likely N-dealkylation sites (tertiary alicyclic amines) is 1. The maximum absolute atomic E-state index is 4.64. The van der Waals surface area contributed by atoms with Crippen LogP contribution in [-0.4, -0.2) is 85.2 Å². The maximum atomic E-state index is 4.64. The highest BCUT2D eigenvalue weighted by Crippen LogP contribution is 2.30. The van der Waals surface area contributed by atoms with Crippen LogP contribution in [0.4, 0.5) is 11.5 Å². The highest BCUT2D eigenvalue weighted by molar-refractivity contribution is 5.92. The van der Waals surface area contributed by atoms with Crippen molar-refractivity contribution in [3.8, 4) is 0 Å². The molecule has 2 aromatic rings. The van der Waals surface area contributed by atoms with Crippen LogP contribution in [0.2, 0.25) is 0 Å². The summed E-state index contributed by atoms with van der Waals surface area (Å²) in [7, 11) is 2.30. The molecule has 0 N–H and O–H groups in total. The van der Waals surface area contributed by atoms with Gasteiger partial charge in [-0.15, -0.1) is 0 Å². The first-order valence-corrected chi connectivity index (χ1v) is 11.5. The van der Waals surface area contributed by atoms with E-state index in [1.807, 2.05) is 0 Å². The van der Waals surface area contributed by atoms with Crippen molar-refractivity contribution in [2.45, 2.75) is 38.1 Å². The van der Waals surface area contributed by atoms with Gasteiger partial charge in [-0.25, -0.2) is 9.97 Å². The Morgan fingerprint density at radius 3 is 2.45 bits per heavy atom. The molecule has 5 rings (SSSR count). The molecule has 1 atom stereocenters. The molecule has 0 radical (unpaired) electrons. The summed E-state index contributed by atoms with van der Waals surface area (Å²) in [5.41, 5.74) is 2.38. The molecule has 0 amide bonds. The van der Waals surface area contributed by atoms with Gasteiger partial charge in [-0.1, -0.05) is 6.42 Å². The Morgan fingerprint density at radius 1 is 0.862 bits per heavy atom. The van der Waals surface area contributed by atoms with Crippen LogP contribution < -0.4 is 9.80 Å². The zero-order valence-electron chi connectivity index (χ0n) is 17.8. The first-order chi connectivity index (χ1) is 14.3. The van der Waals surface area contributed by atoms with Gasteiger partial charge in [0.2, 0.25) is 0 Å². The molecule has 0 saturated carbocycles. The average molecular weight is 395 g/mol. The largest absolute Gasteiger partial charge is 0.369 e. The highest BCUT2D eigenvalue weighted by atomic mass is 15.3. The molecule has 3 fully saturated rings. The first kappa shape index (κ1) is 19.1. The lowest BCUT2D eigenvalue weighted by atomic mass is 10.0. The Kier molecular flexibility index (Phi) is 5.55. The van der Waals surface area contributed by atoms with Crippen molar-refractivity contribution in [1.82, 2.24) is 19.8 Å². The summed E-state index contributed by atoms with van der Waals surface area (Å²) in [6.45, 7) is 9.26. The standard InChI is InChI=1S/C23H34N6/c1-26-9-3-2-6-20(26)17-27-12-14-28(15-13-27)19-7-8-22-21(16-19)23(25-18-24-22)29-10-4-5-11-29/h7-8,16,18,20H,2-6,9-15,17H2,1H3. The van der Waals surface area contributed by atoms with Gasteiger partial charge < -0.3 is 14.7 Å². The van der Waals surface area contributed by atoms with Crippen LogP contribution in [0.3, 0.4) is 0 Å². The number of fused-ring (bicyclic) bond motifs is 1. The third kappa shape index (κ3) is 4.05. The fraction of sp³-hybridized carbons (Fsp3) is 0.652. The summed E-state index contributed by atoms with van der Waals surface area (Å²) < 4.78 is 0. The van der Waals surface area contributed by atoms with Crippen LogP contribution in [0.5, 0.6) is 0 Å². The number of hydrogen-bond donors (Lipinski definition) is 0. The summed E-state index contributed by atoms with van der Waals surface area (Å²) >= 11 is 0. The molecule has 6 nitrogen and oxygen atoms in total. The summed E-state index contributed by atoms with van der Waals surface area (Å²) in [6.07, 6.45) is 8.38. The molecule has 0 spiro atoms. The van der Waals surface area contributed by atoms with Crippen molar-refractivity contribution in [3.05, 3.63) is 24.5 Å². The van der Waals surface area contributed by atoms with Gasteiger partial charge in [-0.05, 0) is 57.5 Å². The van der Waals surface area contributed by atoms with E-state index in [0.717, 1.165) is 56.6 Å². The quantitative estimate of drug-likeness (QED) is 0.794. The number of piperazine rings is 1. The number of likely N-dealkylation sites (N-methyl/N-ethyl adjacent to an activating group) is 1. The Morgan fingerprint density at radius 2 is 1.66 bits per heavy atom. The van der Waals surface area contributed by atoms with Crippen LogP contribution >= 0.6 is 0 Å².